The number of nitrogens with zero attached hydrogens (tertiary/aromatic N) is 2. The maximum atomic E-state index is 6.44. The highest BCUT2D eigenvalue weighted by Gasteiger charge is 2.39. The van der Waals surface area contributed by atoms with Gasteiger partial charge >= 0.3 is 0 Å². The normalized spacial score (nSPS) is 23.8. The van der Waals surface area contributed by atoms with Crippen molar-refractivity contribution in [2.45, 2.75) is 66.0 Å². The van der Waals surface area contributed by atoms with Crippen molar-refractivity contribution in [3.05, 3.63) is 16.9 Å². The number of hydrogen-bond acceptors (Lipinski definition) is 2. The molecule has 4 heteroatoms. The first-order valence-corrected chi connectivity index (χ1v) is 8.33. The lowest BCUT2D eigenvalue weighted by Crippen LogP contribution is -2.40. The summed E-state index contributed by atoms with van der Waals surface area (Å²) >= 11 is 6.44. The quantitative estimate of drug-likeness (QED) is 0.871. The van der Waals surface area contributed by atoms with E-state index in [1.54, 1.807) is 6.20 Å². The molecule has 0 radical (unpaired) electrons. The van der Waals surface area contributed by atoms with Crippen molar-refractivity contribution < 1.29 is 0 Å². The fraction of sp³-hybridized carbons (Fsp3) is 0.812. The van der Waals surface area contributed by atoms with Gasteiger partial charge in [0.25, 0.3) is 0 Å². The van der Waals surface area contributed by atoms with E-state index in [0.717, 1.165) is 18.1 Å². The molecule has 0 spiro atoms. The van der Waals surface area contributed by atoms with Crippen LogP contribution >= 0.6 is 11.6 Å². The van der Waals surface area contributed by atoms with Crippen LogP contribution in [0.5, 0.6) is 0 Å². The second-order valence-electron chi connectivity index (χ2n) is 6.57. The van der Waals surface area contributed by atoms with Gasteiger partial charge in [0.2, 0.25) is 0 Å². The smallest absolute Gasteiger partial charge is 0.0834 e. The predicted octanol–water partition coefficient (Wildman–Crippen LogP) is 4.42. The topological polar surface area (TPSA) is 29.9 Å². The zero-order valence-corrected chi connectivity index (χ0v) is 14.0. The molecule has 3 nitrogen and oxygen atoms in total. The standard InChI is InChI=1S/C16H28ClN3/c1-5-18-14(12-9-7-8-10-16(12,3)4)15-13(17)11-19-20(15)6-2/h11-12,14,18H,5-10H2,1-4H3. The highest BCUT2D eigenvalue weighted by Crippen LogP contribution is 2.47. The van der Waals surface area contributed by atoms with Crippen molar-refractivity contribution in [1.82, 2.24) is 15.1 Å². The van der Waals surface area contributed by atoms with Gasteiger partial charge in [-0.1, -0.05) is 45.2 Å². The third-order valence-corrected chi connectivity index (χ3v) is 5.13. The van der Waals surface area contributed by atoms with E-state index in [1.165, 1.54) is 31.4 Å². The van der Waals surface area contributed by atoms with Crippen molar-refractivity contribution in [2.75, 3.05) is 6.54 Å². The molecule has 20 heavy (non-hydrogen) atoms. The average Bonchev–Trinajstić information content (AvgIpc) is 2.77. The van der Waals surface area contributed by atoms with Crippen LogP contribution in [0, 0.1) is 11.3 Å². The average molecular weight is 298 g/mol. The molecule has 1 aliphatic rings. The van der Waals surface area contributed by atoms with E-state index in [-0.39, 0.29) is 0 Å². The van der Waals surface area contributed by atoms with E-state index < -0.39 is 0 Å². The van der Waals surface area contributed by atoms with Crippen molar-refractivity contribution >= 4 is 11.6 Å². The summed E-state index contributed by atoms with van der Waals surface area (Å²) in [4.78, 5) is 0. The fourth-order valence-electron chi connectivity index (χ4n) is 3.72. The molecular formula is C16H28ClN3. The first-order chi connectivity index (χ1) is 9.51. The van der Waals surface area contributed by atoms with Crippen LogP contribution in [0.1, 0.15) is 65.1 Å². The van der Waals surface area contributed by atoms with E-state index in [9.17, 15) is 0 Å². The molecule has 0 aromatic carbocycles. The van der Waals surface area contributed by atoms with E-state index in [4.69, 9.17) is 11.6 Å². The lowest BCUT2D eigenvalue weighted by Gasteiger charge is -2.43. The Balaban J connectivity index is 2.37. The van der Waals surface area contributed by atoms with Gasteiger partial charge in [0.1, 0.15) is 0 Å². The largest absolute Gasteiger partial charge is 0.309 e. The molecule has 2 rings (SSSR count). The van der Waals surface area contributed by atoms with Crippen LogP contribution in [-0.4, -0.2) is 16.3 Å². The number of rotatable bonds is 5. The second-order valence-corrected chi connectivity index (χ2v) is 6.98. The number of nitrogens with one attached hydrogen (secondary N) is 1. The Hall–Kier alpha value is -0.540. The highest BCUT2D eigenvalue weighted by molar-refractivity contribution is 6.31. The van der Waals surface area contributed by atoms with Crippen LogP contribution < -0.4 is 5.32 Å². The van der Waals surface area contributed by atoms with Crippen LogP contribution in [0.15, 0.2) is 6.20 Å². The van der Waals surface area contributed by atoms with E-state index in [1.807, 2.05) is 0 Å². The minimum Gasteiger partial charge on any atom is -0.309 e. The summed E-state index contributed by atoms with van der Waals surface area (Å²) < 4.78 is 2.06. The molecule has 0 bridgehead atoms. The molecule has 2 unspecified atom stereocenters. The minimum absolute atomic E-state index is 0.310. The van der Waals surface area contributed by atoms with Crippen LogP contribution in [0.3, 0.4) is 0 Å². The van der Waals surface area contributed by atoms with Gasteiger partial charge in [-0.2, -0.15) is 5.10 Å². The second kappa shape index (κ2) is 6.48. The summed E-state index contributed by atoms with van der Waals surface area (Å²) in [6.45, 7) is 10.9. The van der Waals surface area contributed by atoms with Gasteiger partial charge < -0.3 is 5.32 Å². The van der Waals surface area contributed by atoms with Crippen molar-refractivity contribution in [3.8, 4) is 0 Å². The van der Waals surface area contributed by atoms with Gasteiger partial charge in [0.05, 0.1) is 23.0 Å². The third-order valence-electron chi connectivity index (χ3n) is 4.84. The summed E-state index contributed by atoms with van der Waals surface area (Å²) in [7, 11) is 0. The monoisotopic (exact) mass is 297 g/mol. The van der Waals surface area contributed by atoms with Crippen LogP contribution in [-0.2, 0) is 6.54 Å². The zero-order chi connectivity index (χ0) is 14.8. The molecule has 2 atom stereocenters. The third kappa shape index (κ3) is 3.04. The maximum absolute atomic E-state index is 6.44. The zero-order valence-electron chi connectivity index (χ0n) is 13.2. The fourth-order valence-corrected chi connectivity index (χ4v) is 3.98. The molecule has 1 aromatic rings. The summed E-state index contributed by atoms with van der Waals surface area (Å²) in [6.07, 6.45) is 7.05. The van der Waals surface area contributed by atoms with E-state index in [2.05, 4.69) is 42.8 Å². The summed E-state index contributed by atoms with van der Waals surface area (Å²) in [5.41, 5.74) is 1.54. The highest BCUT2D eigenvalue weighted by atomic mass is 35.5. The summed E-state index contributed by atoms with van der Waals surface area (Å²) in [6, 6.07) is 0.310. The molecule has 0 amide bonds. The van der Waals surface area contributed by atoms with Crippen LogP contribution in [0.4, 0.5) is 0 Å². The van der Waals surface area contributed by atoms with E-state index >= 15 is 0 Å². The predicted molar refractivity (Wildman–Crippen MR) is 85.1 cm³/mol. The Bertz CT molecular complexity index is 439. The molecule has 0 aliphatic heterocycles. The van der Waals surface area contributed by atoms with Gasteiger partial charge in [-0.3, -0.25) is 4.68 Å². The molecule has 1 N–H and O–H groups in total. The van der Waals surface area contributed by atoms with Crippen molar-refractivity contribution in [3.63, 3.8) is 0 Å². The van der Waals surface area contributed by atoms with Crippen molar-refractivity contribution in [1.29, 1.82) is 0 Å². The Kier molecular flexibility index (Phi) is 5.14. The number of aryl methyl sites for hydroxylation is 1. The first kappa shape index (κ1) is 15.8. The van der Waals surface area contributed by atoms with Gasteiger partial charge in [-0.15, -0.1) is 0 Å². The Morgan fingerprint density at radius 1 is 1.45 bits per heavy atom. The maximum Gasteiger partial charge on any atom is 0.0834 e. The van der Waals surface area contributed by atoms with Gasteiger partial charge in [0, 0.05) is 6.54 Å². The molecule has 1 saturated carbocycles. The van der Waals surface area contributed by atoms with Crippen LogP contribution in [0.2, 0.25) is 5.02 Å². The number of aromatic nitrogens is 2. The molecule has 1 fully saturated rings. The first-order valence-electron chi connectivity index (χ1n) is 7.95. The number of halogens is 1. The van der Waals surface area contributed by atoms with Gasteiger partial charge in [-0.25, -0.2) is 0 Å². The molecule has 1 heterocycles. The van der Waals surface area contributed by atoms with Gasteiger partial charge in [-0.05, 0) is 37.6 Å². The molecule has 0 saturated heterocycles. The lowest BCUT2D eigenvalue weighted by atomic mass is 9.65. The molecule has 1 aromatic heterocycles. The molecular weight excluding hydrogens is 270 g/mol. The summed E-state index contributed by atoms with van der Waals surface area (Å²) in [5, 5.41) is 8.91. The Labute approximate surface area is 128 Å². The van der Waals surface area contributed by atoms with Crippen molar-refractivity contribution in [2.24, 2.45) is 11.3 Å². The molecule has 114 valence electrons. The minimum atomic E-state index is 0.310. The lowest BCUT2D eigenvalue weighted by molar-refractivity contribution is 0.0954. The molecule has 1 aliphatic carbocycles. The SMILES string of the molecule is CCNC(c1c(Cl)cnn1CC)C1CCCCC1(C)C. The van der Waals surface area contributed by atoms with E-state index in [0.29, 0.717) is 17.4 Å². The van der Waals surface area contributed by atoms with Crippen LogP contribution in [0.25, 0.3) is 0 Å². The number of hydrogen-bond donors (Lipinski definition) is 1. The Morgan fingerprint density at radius 2 is 2.20 bits per heavy atom. The Morgan fingerprint density at radius 3 is 2.80 bits per heavy atom. The summed E-state index contributed by atoms with van der Waals surface area (Å²) in [5.74, 6) is 0.621. The van der Waals surface area contributed by atoms with Gasteiger partial charge in [0.15, 0.2) is 0 Å².